The van der Waals surface area contributed by atoms with Crippen molar-refractivity contribution in [1.29, 1.82) is 0 Å². The van der Waals surface area contributed by atoms with Crippen molar-refractivity contribution in [3.8, 4) is 0 Å². The molecule has 7 heavy (non-hydrogen) atoms. The quantitative estimate of drug-likeness (QED) is 0.453. The molecule has 0 atom stereocenters. The number of piperidine rings is 1. The second kappa shape index (κ2) is 2.28. The summed E-state index contributed by atoms with van der Waals surface area (Å²) in [5, 5.41) is 11.5. The summed E-state index contributed by atoms with van der Waals surface area (Å²) in [6.07, 6.45) is 3.45. The van der Waals surface area contributed by atoms with Crippen LogP contribution < -0.4 is 0 Å². The van der Waals surface area contributed by atoms with E-state index in [4.69, 9.17) is 0 Å². The maximum Gasteiger partial charge on any atom is -0.0145 e. The van der Waals surface area contributed by atoms with E-state index in [1.54, 1.807) is 0 Å². The van der Waals surface area contributed by atoms with Crippen LogP contribution in [-0.4, -0.2) is 18.2 Å². The van der Waals surface area contributed by atoms with E-state index in [9.17, 15) is 5.21 Å². The Balaban J connectivity index is 2.12. The number of hydrogen-bond donors (Lipinski definition) is 0. The first kappa shape index (κ1) is 5.06. The van der Waals surface area contributed by atoms with Crippen LogP contribution in [0.2, 0.25) is 0 Å². The predicted molar refractivity (Wildman–Crippen MR) is 28.8 cm³/mol. The van der Waals surface area contributed by atoms with Crippen LogP contribution in [0.3, 0.4) is 0 Å². The predicted octanol–water partition coefficient (Wildman–Crippen LogP) is 0.970. The molecular weight excluding hydrogens is 90.1 g/mol. The number of hydroxylamine groups is 2. The minimum Gasteiger partial charge on any atom is -0.785 e. The monoisotopic (exact) mass is 100 g/mol. The number of rotatable bonds is 0. The second-order valence-corrected chi connectivity index (χ2v) is 1.99. The fourth-order valence-corrected chi connectivity index (χ4v) is 0.865. The Kier molecular flexibility index (Phi) is 1.65. The van der Waals surface area contributed by atoms with Crippen molar-refractivity contribution in [3.05, 3.63) is 5.21 Å². The zero-order chi connectivity index (χ0) is 5.11. The standard InChI is InChI=1S/C5H10NO/c7-6-4-2-1-3-5-6/h1-5H2/q-1. The summed E-state index contributed by atoms with van der Waals surface area (Å²) in [6.45, 7) is 1.53. The van der Waals surface area contributed by atoms with Crippen molar-refractivity contribution in [3.63, 3.8) is 0 Å². The Hall–Kier alpha value is -0.0800. The smallest absolute Gasteiger partial charge is 0.0145 e. The van der Waals surface area contributed by atoms with Crippen LogP contribution in [0.1, 0.15) is 19.3 Å². The summed E-state index contributed by atoms with van der Waals surface area (Å²) < 4.78 is 0. The Morgan fingerprint density at radius 1 is 1.00 bits per heavy atom. The van der Waals surface area contributed by atoms with E-state index in [1.807, 2.05) is 0 Å². The molecule has 1 aliphatic heterocycles. The van der Waals surface area contributed by atoms with Crippen LogP contribution in [0.5, 0.6) is 0 Å². The van der Waals surface area contributed by atoms with Gasteiger partial charge in [0.2, 0.25) is 0 Å². The average molecular weight is 100 g/mol. The summed E-state index contributed by atoms with van der Waals surface area (Å²) >= 11 is 0. The van der Waals surface area contributed by atoms with Gasteiger partial charge < -0.3 is 10.3 Å². The summed E-state index contributed by atoms with van der Waals surface area (Å²) in [4.78, 5) is 0. The van der Waals surface area contributed by atoms with Crippen molar-refractivity contribution in [2.75, 3.05) is 13.1 Å². The first-order valence-corrected chi connectivity index (χ1v) is 2.82. The topological polar surface area (TPSA) is 26.3 Å². The van der Waals surface area contributed by atoms with Crippen LogP contribution in [-0.2, 0) is 0 Å². The van der Waals surface area contributed by atoms with Crippen LogP contribution in [0.4, 0.5) is 0 Å². The molecule has 0 bridgehead atoms. The minimum atomic E-state index is 0.764. The highest BCUT2D eigenvalue weighted by molar-refractivity contribution is 4.62. The van der Waals surface area contributed by atoms with Gasteiger partial charge in [-0.3, -0.25) is 0 Å². The maximum atomic E-state index is 10.4. The molecule has 1 rings (SSSR count). The van der Waals surface area contributed by atoms with Gasteiger partial charge in [0.15, 0.2) is 0 Å². The van der Waals surface area contributed by atoms with Crippen molar-refractivity contribution in [2.45, 2.75) is 19.3 Å². The molecule has 0 aliphatic carbocycles. The Morgan fingerprint density at radius 2 is 1.57 bits per heavy atom. The third-order valence-electron chi connectivity index (χ3n) is 1.32. The van der Waals surface area contributed by atoms with Gasteiger partial charge in [0.25, 0.3) is 0 Å². The molecule has 0 unspecified atom stereocenters. The van der Waals surface area contributed by atoms with Gasteiger partial charge in [-0.05, 0) is 25.9 Å². The molecule has 0 aromatic carbocycles. The van der Waals surface area contributed by atoms with Gasteiger partial charge in [0.05, 0.1) is 0 Å². The third-order valence-corrected chi connectivity index (χ3v) is 1.32. The van der Waals surface area contributed by atoms with E-state index in [1.165, 1.54) is 6.42 Å². The molecule has 0 amide bonds. The van der Waals surface area contributed by atoms with Gasteiger partial charge in [-0.15, -0.1) is 0 Å². The molecule has 0 aromatic heterocycles. The first-order chi connectivity index (χ1) is 3.39. The van der Waals surface area contributed by atoms with Gasteiger partial charge in [-0.2, -0.15) is 0 Å². The van der Waals surface area contributed by atoms with E-state index in [0.29, 0.717) is 0 Å². The van der Waals surface area contributed by atoms with Gasteiger partial charge in [0.1, 0.15) is 0 Å². The maximum absolute atomic E-state index is 10.4. The Bertz CT molecular complexity index is 50.0. The van der Waals surface area contributed by atoms with E-state index in [-0.39, 0.29) is 0 Å². The van der Waals surface area contributed by atoms with E-state index in [0.717, 1.165) is 31.0 Å². The molecule has 0 saturated carbocycles. The SMILES string of the molecule is [O-]N1CCCCC1. The largest absolute Gasteiger partial charge is 0.785 e. The minimum absolute atomic E-state index is 0.764. The first-order valence-electron chi connectivity index (χ1n) is 2.82. The summed E-state index contributed by atoms with van der Waals surface area (Å²) in [5.41, 5.74) is 0. The highest BCUT2D eigenvalue weighted by atomic mass is 16.5. The number of nitrogens with zero attached hydrogens (tertiary/aromatic N) is 1. The molecule has 0 N–H and O–H groups in total. The van der Waals surface area contributed by atoms with E-state index in [2.05, 4.69) is 0 Å². The molecule has 2 nitrogen and oxygen atoms in total. The molecule has 1 aliphatic rings. The Labute approximate surface area is 43.7 Å². The summed E-state index contributed by atoms with van der Waals surface area (Å²) in [5.74, 6) is 0. The molecule has 0 spiro atoms. The third kappa shape index (κ3) is 1.45. The lowest BCUT2D eigenvalue weighted by molar-refractivity contribution is 0.311. The van der Waals surface area contributed by atoms with Gasteiger partial charge in [0, 0.05) is 0 Å². The van der Waals surface area contributed by atoms with Crippen LogP contribution in [0.25, 0.3) is 0 Å². The summed E-state index contributed by atoms with van der Waals surface area (Å²) in [6, 6.07) is 0. The summed E-state index contributed by atoms with van der Waals surface area (Å²) in [7, 11) is 0. The van der Waals surface area contributed by atoms with Crippen LogP contribution in [0, 0.1) is 5.21 Å². The molecule has 1 saturated heterocycles. The lowest BCUT2D eigenvalue weighted by atomic mass is 10.2. The Morgan fingerprint density at radius 3 is 1.86 bits per heavy atom. The molecule has 42 valence electrons. The lowest BCUT2D eigenvalue weighted by Gasteiger charge is -2.31. The fraction of sp³-hybridized carbons (Fsp3) is 1.00. The van der Waals surface area contributed by atoms with Crippen molar-refractivity contribution in [1.82, 2.24) is 5.06 Å². The molecular formula is C5H10NO-. The van der Waals surface area contributed by atoms with Crippen molar-refractivity contribution >= 4 is 0 Å². The number of hydrogen-bond acceptors (Lipinski definition) is 2. The molecule has 2 heteroatoms. The van der Waals surface area contributed by atoms with E-state index < -0.39 is 0 Å². The highest BCUT2D eigenvalue weighted by Gasteiger charge is 1.97. The zero-order valence-electron chi connectivity index (χ0n) is 4.39. The normalized spacial score (nSPS) is 25.3. The average Bonchev–Trinajstić information content (AvgIpc) is 1.69. The molecule has 1 heterocycles. The highest BCUT2D eigenvalue weighted by Crippen LogP contribution is 2.05. The van der Waals surface area contributed by atoms with E-state index >= 15 is 0 Å². The van der Waals surface area contributed by atoms with Gasteiger partial charge >= 0.3 is 0 Å². The lowest BCUT2D eigenvalue weighted by Crippen LogP contribution is -2.22. The van der Waals surface area contributed by atoms with Gasteiger partial charge in [-0.25, -0.2) is 0 Å². The zero-order valence-corrected chi connectivity index (χ0v) is 4.39. The van der Waals surface area contributed by atoms with Crippen molar-refractivity contribution < 1.29 is 0 Å². The fourth-order valence-electron chi connectivity index (χ4n) is 0.865. The van der Waals surface area contributed by atoms with Crippen molar-refractivity contribution in [2.24, 2.45) is 0 Å². The second-order valence-electron chi connectivity index (χ2n) is 1.99. The molecule has 0 radical (unpaired) electrons. The van der Waals surface area contributed by atoms with Crippen LogP contribution >= 0.6 is 0 Å². The molecule has 0 aromatic rings. The van der Waals surface area contributed by atoms with Gasteiger partial charge in [-0.1, -0.05) is 6.42 Å². The molecule has 1 fully saturated rings. The van der Waals surface area contributed by atoms with Crippen LogP contribution in [0.15, 0.2) is 0 Å².